The first kappa shape index (κ1) is 39.7. The van der Waals surface area contributed by atoms with Crippen LogP contribution in [0.15, 0.2) is 65.8 Å². The predicted molar refractivity (Wildman–Crippen MR) is 216 cm³/mol. The number of hydrogen-bond donors (Lipinski definition) is 3. The Balaban J connectivity index is 1.12. The number of urea groups is 1. The lowest BCUT2D eigenvalue weighted by atomic mass is 10.0. The van der Waals surface area contributed by atoms with Crippen molar-refractivity contribution >= 4 is 67.9 Å². The van der Waals surface area contributed by atoms with E-state index in [1.165, 1.54) is 11.1 Å². The molecule has 0 atom stereocenters. The summed E-state index contributed by atoms with van der Waals surface area (Å²) in [6.45, 7) is 12.1. The number of carbonyl (C=O) groups excluding carboxylic acids is 2. The molecular formula is C39H48ClN9O5S. The van der Waals surface area contributed by atoms with E-state index < -0.39 is 21.1 Å². The first-order valence-electron chi connectivity index (χ1n) is 18.4. The number of aromatic nitrogens is 3. The van der Waals surface area contributed by atoms with E-state index in [9.17, 15) is 18.0 Å². The number of nitrogens with one attached hydrogen (secondary N) is 3. The maximum absolute atomic E-state index is 13.1. The van der Waals surface area contributed by atoms with Gasteiger partial charge in [-0.3, -0.25) is 24.9 Å². The van der Waals surface area contributed by atoms with Gasteiger partial charge in [0.05, 0.1) is 51.4 Å². The lowest BCUT2D eigenvalue weighted by Crippen LogP contribution is -2.49. The Morgan fingerprint density at radius 3 is 2.40 bits per heavy atom. The monoisotopic (exact) mass is 789 g/mol. The van der Waals surface area contributed by atoms with Crippen LogP contribution in [0.5, 0.6) is 5.75 Å². The Bertz CT molecular complexity index is 2140. The highest BCUT2D eigenvalue weighted by molar-refractivity contribution is 7.92. The van der Waals surface area contributed by atoms with Crippen LogP contribution in [0.4, 0.5) is 39.3 Å². The molecule has 0 bridgehead atoms. The molecule has 292 valence electrons. The molecule has 2 aromatic heterocycles. The normalized spacial score (nSPS) is 15.5. The highest BCUT2D eigenvalue weighted by Gasteiger charge is 2.27. The van der Waals surface area contributed by atoms with Gasteiger partial charge in [-0.15, -0.1) is 0 Å². The largest absolute Gasteiger partial charge is 0.489 e. The smallest absolute Gasteiger partial charge is 0.328 e. The molecule has 3 amide bonds. The number of benzene rings is 2. The van der Waals surface area contributed by atoms with Crippen LogP contribution >= 0.6 is 11.6 Å². The number of ether oxygens (including phenoxy) is 1. The van der Waals surface area contributed by atoms with Gasteiger partial charge >= 0.3 is 6.03 Å². The zero-order valence-electron chi connectivity index (χ0n) is 32.0. The van der Waals surface area contributed by atoms with Gasteiger partial charge in [0.15, 0.2) is 15.7 Å². The number of nitrogens with zero attached hydrogens (tertiary/aromatic N) is 6. The second kappa shape index (κ2) is 16.8. The van der Waals surface area contributed by atoms with Gasteiger partial charge in [0.1, 0.15) is 10.8 Å². The molecule has 2 fully saturated rings. The van der Waals surface area contributed by atoms with Crippen molar-refractivity contribution in [2.24, 2.45) is 0 Å². The number of piperidine rings is 1. The Labute approximate surface area is 327 Å². The Morgan fingerprint density at radius 2 is 1.73 bits per heavy atom. The Morgan fingerprint density at radius 1 is 0.982 bits per heavy atom. The van der Waals surface area contributed by atoms with Gasteiger partial charge in [0, 0.05) is 50.4 Å². The summed E-state index contributed by atoms with van der Waals surface area (Å²) in [4.78, 5) is 43.8. The summed E-state index contributed by atoms with van der Waals surface area (Å²) in [5.74, 6) is 0.914. The van der Waals surface area contributed by atoms with Gasteiger partial charge in [-0.2, -0.15) is 4.98 Å². The number of halogens is 1. The minimum Gasteiger partial charge on any atom is -0.489 e. The van der Waals surface area contributed by atoms with Crippen molar-refractivity contribution in [1.29, 1.82) is 0 Å². The summed E-state index contributed by atoms with van der Waals surface area (Å²) in [7, 11) is -1.45. The highest BCUT2D eigenvalue weighted by atomic mass is 35.5. The molecule has 6 rings (SSSR count). The third kappa shape index (κ3) is 9.28. The number of para-hydroxylation sites is 1. The Hall–Kier alpha value is -4.99. The quantitative estimate of drug-likeness (QED) is 0.130. The molecule has 0 spiro atoms. The van der Waals surface area contributed by atoms with Crippen LogP contribution in [0.2, 0.25) is 5.02 Å². The third-order valence-electron chi connectivity index (χ3n) is 9.73. The van der Waals surface area contributed by atoms with E-state index in [0.717, 1.165) is 42.9 Å². The van der Waals surface area contributed by atoms with Crippen molar-refractivity contribution in [1.82, 2.24) is 25.2 Å². The van der Waals surface area contributed by atoms with Crippen LogP contribution in [0.1, 0.15) is 58.2 Å². The molecule has 2 aromatic carbocycles. The van der Waals surface area contributed by atoms with Crippen LogP contribution in [-0.4, -0.2) is 84.3 Å². The summed E-state index contributed by atoms with van der Waals surface area (Å²) in [5, 5.41) is 8.40. The first-order valence-corrected chi connectivity index (χ1v) is 20.3. The Kier molecular flexibility index (Phi) is 12.1. The molecule has 2 aliphatic heterocycles. The summed E-state index contributed by atoms with van der Waals surface area (Å²) in [5.41, 5.74) is 4.79. The lowest BCUT2D eigenvalue weighted by molar-refractivity contribution is -0.120. The topological polar surface area (TPSA) is 162 Å². The summed E-state index contributed by atoms with van der Waals surface area (Å²) in [6, 6.07) is 14.5. The van der Waals surface area contributed by atoms with E-state index in [1.807, 2.05) is 32.0 Å². The van der Waals surface area contributed by atoms with Gasteiger partial charge in [0.25, 0.3) is 0 Å². The fraction of sp³-hybridized carbons (Fsp3) is 0.410. The molecule has 3 N–H and O–H groups in total. The molecule has 4 aromatic rings. The lowest BCUT2D eigenvalue weighted by Gasteiger charge is -2.38. The number of imide groups is 1. The van der Waals surface area contributed by atoms with E-state index in [1.54, 1.807) is 44.3 Å². The van der Waals surface area contributed by atoms with Crippen molar-refractivity contribution in [2.75, 3.05) is 47.1 Å². The summed E-state index contributed by atoms with van der Waals surface area (Å²) < 4.78 is 32.4. The number of anilines is 6. The number of pyridine rings is 1. The van der Waals surface area contributed by atoms with Gasteiger partial charge in [-0.1, -0.05) is 23.7 Å². The summed E-state index contributed by atoms with van der Waals surface area (Å²) in [6.07, 6.45) is 5.26. The zero-order valence-corrected chi connectivity index (χ0v) is 33.5. The van der Waals surface area contributed by atoms with E-state index in [4.69, 9.17) is 16.3 Å². The van der Waals surface area contributed by atoms with Crippen molar-refractivity contribution in [3.05, 3.63) is 77.2 Å². The number of aryl methyl sites for hydroxylation is 1. The molecule has 14 nitrogen and oxygen atoms in total. The molecule has 0 saturated carbocycles. The first-order chi connectivity index (χ1) is 26.2. The van der Waals surface area contributed by atoms with Gasteiger partial charge < -0.3 is 20.3 Å². The third-order valence-corrected chi connectivity index (χ3v) is 12.2. The number of hydrogen-bond acceptors (Lipinski definition) is 12. The van der Waals surface area contributed by atoms with Crippen LogP contribution in [0, 0.1) is 6.92 Å². The molecule has 16 heteroatoms. The van der Waals surface area contributed by atoms with E-state index in [2.05, 4.69) is 60.7 Å². The van der Waals surface area contributed by atoms with Gasteiger partial charge in [0.2, 0.25) is 11.9 Å². The van der Waals surface area contributed by atoms with Crippen molar-refractivity contribution in [2.45, 2.75) is 82.7 Å². The summed E-state index contributed by atoms with van der Waals surface area (Å²) >= 11 is 6.50. The molecule has 0 unspecified atom stereocenters. The van der Waals surface area contributed by atoms with Crippen molar-refractivity contribution in [3.63, 3.8) is 0 Å². The second-order valence-electron chi connectivity index (χ2n) is 14.4. The van der Waals surface area contributed by atoms with Crippen molar-refractivity contribution < 1.29 is 22.7 Å². The number of sulfone groups is 1. The molecule has 4 heterocycles. The van der Waals surface area contributed by atoms with E-state index >= 15 is 0 Å². The molecular weight excluding hydrogens is 742 g/mol. The molecule has 55 heavy (non-hydrogen) atoms. The molecule has 0 radical (unpaired) electrons. The highest BCUT2D eigenvalue weighted by Crippen LogP contribution is 2.38. The van der Waals surface area contributed by atoms with Crippen LogP contribution in [0.25, 0.3) is 0 Å². The van der Waals surface area contributed by atoms with Crippen LogP contribution in [0.3, 0.4) is 0 Å². The van der Waals surface area contributed by atoms with Crippen LogP contribution < -0.4 is 30.5 Å². The molecule has 2 aliphatic rings. The minimum atomic E-state index is -3.57. The number of carbonyl (C=O) groups is 2. The van der Waals surface area contributed by atoms with E-state index in [-0.39, 0.29) is 40.1 Å². The standard InChI is InChI=1S/C39H48ClN9O5S/c1-24(2)54-34-20-33(48-16-13-28(14-17-48)47(6)23-27-11-12-29(21-41-27)49-18-15-36(50)45-39(49)51)26(5)19-32(34)44-38-42-22-30(40)37(46-38)43-31-9-7-8-10-35(31)55(52,53)25(3)4/h7-12,19-22,24-25,28H,13-18,23H2,1-6H3,(H,45,50,51)(H2,42,43,44,46). The minimum absolute atomic E-state index is 0.0952. The van der Waals surface area contributed by atoms with Crippen LogP contribution in [-0.2, 0) is 21.2 Å². The van der Waals surface area contributed by atoms with Crippen molar-refractivity contribution in [3.8, 4) is 5.75 Å². The SMILES string of the molecule is Cc1cc(Nc2ncc(Cl)c(Nc3ccccc3S(=O)(=O)C(C)C)n2)c(OC(C)C)cc1N1CCC(N(C)Cc2ccc(N3CCC(=O)NC3=O)cn2)CC1. The van der Waals surface area contributed by atoms with Gasteiger partial charge in [-0.25, -0.2) is 18.2 Å². The predicted octanol–water partition coefficient (Wildman–Crippen LogP) is 6.84. The molecule has 0 aliphatic carbocycles. The maximum atomic E-state index is 13.1. The maximum Gasteiger partial charge on any atom is 0.328 e. The second-order valence-corrected chi connectivity index (χ2v) is 17.3. The number of rotatable bonds is 13. The fourth-order valence-electron chi connectivity index (χ4n) is 6.71. The average molecular weight is 790 g/mol. The fourth-order valence-corrected chi connectivity index (χ4v) is 8.05. The zero-order chi connectivity index (χ0) is 39.4. The molecule has 2 saturated heterocycles. The van der Waals surface area contributed by atoms with E-state index in [0.29, 0.717) is 41.9 Å². The average Bonchev–Trinajstić information content (AvgIpc) is 3.14. The number of amides is 3. The van der Waals surface area contributed by atoms with Gasteiger partial charge in [-0.05, 0) is 90.4 Å².